The fourth-order valence-corrected chi connectivity index (χ4v) is 3.10. The zero-order valence-electron chi connectivity index (χ0n) is 10.8. The first-order valence-electron chi connectivity index (χ1n) is 6.24. The molecule has 21 heavy (non-hydrogen) atoms. The van der Waals surface area contributed by atoms with E-state index >= 15 is 0 Å². The van der Waals surface area contributed by atoms with Gasteiger partial charge >= 0.3 is 0 Å². The molecule has 0 radical (unpaired) electrons. The normalized spacial score (nSPS) is 20.5. The Bertz CT molecular complexity index is 722. The van der Waals surface area contributed by atoms with Gasteiger partial charge in [0.25, 0.3) is 5.69 Å². The summed E-state index contributed by atoms with van der Waals surface area (Å²) in [5.41, 5.74) is -0.460. The van der Waals surface area contributed by atoms with Crippen LogP contribution in [0.1, 0.15) is 11.1 Å². The summed E-state index contributed by atoms with van der Waals surface area (Å²) in [4.78, 5) is 14.7. The lowest BCUT2D eigenvalue weighted by Crippen LogP contribution is -2.39. The van der Waals surface area contributed by atoms with Crippen molar-refractivity contribution in [3.8, 4) is 5.75 Å². The molecule has 1 unspecified atom stereocenters. The van der Waals surface area contributed by atoms with Gasteiger partial charge in [-0.3, -0.25) is 10.1 Å². The van der Waals surface area contributed by atoms with E-state index in [9.17, 15) is 15.2 Å². The molecule has 0 aliphatic carbocycles. The summed E-state index contributed by atoms with van der Waals surface area (Å²) in [6.07, 6.45) is 1.70. The number of hydrogen-bond donors (Lipinski definition) is 1. The molecule has 0 saturated carbocycles. The standard InChI is InChI=1S/C14H11BrN2O4/c15-13-10(3-2-6-16-13)14(18)7-9-11(17(19)20)4-1-5-12(9)21-8-14/h1-6,18H,7-8H2. The summed E-state index contributed by atoms with van der Waals surface area (Å²) < 4.78 is 6.03. The molecule has 1 atom stereocenters. The van der Waals surface area contributed by atoms with Crippen molar-refractivity contribution in [2.24, 2.45) is 0 Å². The van der Waals surface area contributed by atoms with Gasteiger partial charge in [-0.2, -0.15) is 0 Å². The highest BCUT2D eigenvalue weighted by Crippen LogP contribution is 2.41. The molecule has 1 aromatic heterocycles. The fourth-order valence-electron chi connectivity index (χ4n) is 2.48. The van der Waals surface area contributed by atoms with Crippen molar-refractivity contribution in [2.75, 3.05) is 6.61 Å². The van der Waals surface area contributed by atoms with Crippen LogP contribution < -0.4 is 4.74 Å². The van der Waals surface area contributed by atoms with E-state index in [1.807, 2.05) is 0 Å². The van der Waals surface area contributed by atoms with Gasteiger partial charge in [-0.05, 0) is 28.1 Å². The van der Waals surface area contributed by atoms with Gasteiger partial charge in [0.2, 0.25) is 0 Å². The van der Waals surface area contributed by atoms with Crippen LogP contribution in [0.3, 0.4) is 0 Å². The minimum Gasteiger partial charge on any atom is -0.490 e. The number of aliphatic hydroxyl groups is 1. The lowest BCUT2D eigenvalue weighted by atomic mass is 9.86. The van der Waals surface area contributed by atoms with Crippen LogP contribution in [0.5, 0.6) is 5.75 Å². The largest absolute Gasteiger partial charge is 0.490 e. The second-order valence-electron chi connectivity index (χ2n) is 4.85. The number of aromatic nitrogens is 1. The van der Waals surface area contributed by atoms with Gasteiger partial charge in [-0.15, -0.1) is 0 Å². The first-order valence-corrected chi connectivity index (χ1v) is 7.03. The van der Waals surface area contributed by atoms with E-state index in [0.29, 0.717) is 21.5 Å². The van der Waals surface area contributed by atoms with Gasteiger partial charge in [0, 0.05) is 24.2 Å². The Morgan fingerprint density at radius 3 is 2.90 bits per heavy atom. The maximum Gasteiger partial charge on any atom is 0.276 e. The van der Waals surface area contributed by atoms with Gasteiger partial charge in [-0.25, -0.2) is 4.98 Å². The molecule has 2 aromatic rings. The second-order valence-corrected chi connectivity index (χ2v) is 5.60. The van der Waals surface area contributed by atoms with Crippen molar-refractivity contribution in [3.63, 3.8) is 0 Å². The molecule has 0 amide bonds. The lowest BCUT2D eigenvalue weighted by molar-refractivity contribution is -0.386. The van der Waals surface area contributed by atoms with Gasteiger partial charge < -0.3 is 9.84 Å². The number of pyridine rings is 1. The van der Waals surface area contributed by atoms with Crippen LogP contribution in [-0.4, -0.2) is 21.6 Å². The third-order valence-corrected chi connectivity index (χ3v) is 4.13. The number of hydrogen-bond acceptors (Lipinski definition) is 5. The van der Waals surface area contributed by atoms with Gasteiger partial charge in [0.15, 0.2) is 0 Å². The van der Waals surface area contributed by atoms with E-state index in [-0.39, 0.29) is 18.7 Å². The zero-order chi connectivity index (χ0) is 15.0. The Morgan fingerprint density at radius 1 is 1.38 bits per heavy atom. The highest BCUT2D eigenvalue weighted by atomic mass is 79.9. The minimum atomic E-state index is -1.35. The third kappa shape index (κ3) is 2.38. The maximum absolute atomic E-state index is 11.1. The van der Waals surface area contributed by atoms with Crippen molar-refractivity contribution >= 4 is 21.6 Å². The molecule has 0 spiro atoms. The van der Waals surface area contributed by atoms with E-state index in [0.717, 1.165) is 0 Å². The van der Waals surface area contributed by atoms with E-state index < -0.39 is 10.5 Å². The quantitative estimate of drug-likeness (QED) is 0.511. The molecule has 0 bridgehead atoms. The highest BCUT2D eigenvalue weighted by molar-refractivity contribution is 9.10. The van der Waals surface area contributed by atoms with E-state index in [4.69, 9.17) is 4.74 Å². The molecule has 2 heterocycles. The zero-order valence-corrected chi connectivity index (χ0v) is 12.4. The van der Waals surface area contributed by atoms with Crippen LogP contribution in [0.2, 0.25) is 0 Å². The maximum atomic E-state index is 11.1. The monoisotopic (exact) mass is 350 g/mol. The summed E-state index contributed by atoms with van der Waals surface area (Å²) in [6.45, 7) is 0.0193. The van der Waals surface area contributed by atoms with Crippen molar-refractivity contribution in [2.45, 2.75) is 12.0 Å². The SMILES string of the molecule is O=[N+]([O-])c1cccc2c1CC(O)(c1cccnc1Br)CO2. The molecule has 1 aromatic carbocycles. The number of nitrogens with zero attached hydrogens (tertiary/aromatic N) is 2. The van der Waals surface area contributed by atoms with Crippen LogP contribution >= 0.6 is 15.9 Å². The average Bonchev–Trinajstić information content (AvgIpc) is 2.46. The van der Waals surface area contributed by atoms with Crippen LogP contribution in [0.25, 0.3) is 0 Å². The Morgan fingerprint density at radius 2 is 2.19 bits per heavy atom. The third-order valence-electron chi connectivity index (χ3n) is 3.50. The Kier molecular flexibility index (Phi) is 3.38. The number of ether oxygens (including phenoxy) is 1. The molecular weight excluding hydrogens is 340 g/mol. The number of fused-ring (bicyclic) bond motifs is 1. The Balaban J connectivity index is 2.08. The van der Waals surface area contributed by atoms with E-state index in [1.165, 1.54) is 6.07 Å². The van der Waals surface area contributed by atoms with Crippen molar-refractivity contribution < 1.29 is 14.8 Å². The highest BCUT2D eigenvalue weighted by Gasteiger charge is 2.40. The number of halogens is 1. The molecule has 1 aliphatic rings. The molecule has 108 valence electrons. The number of nitro benzene ring substituents is 1. The van der Waals surface area contributed by atoms with Crippen molar-refractivity contribution in [1.82, 2.24) is 4.98 Å². The Hall–Kier alpha value is -1.99. The molecule has 6 nitrogen and oxygen atoms in total. The van der Waals surface area contributed by atoms with Crippen LogP contribution in [0.15, 0.2) is 41.1 Å². The number of rotatable bonds is 2. The molecular formula is C14H11BrN2O4. The van der Waals surface area contributed by atoms with Gasteiger partial charge in [-0.1, -0.05) is 12.1 Å². The molecule has 7 heteroatoms. The first kappa shape index (κ1) is 14.0. The smallest absolute Gasteiger partial charge is 0.276 e. The summed E-state index contributed by atoms with van der Waals surface area (Å²) >= 11 is 3.29. The minimum absolute atomic E-state index is 0.0193. The molecule has 0 saturated heterocycles. The predicted molar refractivity (Wildman–Crippen MR) is 78.1 cm³/mol. The van der Waals surface area contributed by atoms with Crippen LogP contribution in [0.4, 0.5) is 5.69 Å². The van der Waals surface area contributed by atoms with E-state index in [2.05, 4.69) is 20.9 Å². The lowest BCUT2D eigenvalue weighted by Gasteiger charge is -2.33. The number of nitro groups is 1. The first-order chi connectivity index (χ1) is 10.0. The summed E-state index contributed by atoms with van der Waals surface area (Å²) in [7, 11) is 0. The summed E-state index contributed by atoms with van der Waals surface area (Å²) in [5, 5.41) is 22.0. The van der Waals surface area contributed by atoms with E-state index in [1.54, 1.807) is 30.5 Å². The van der Waals surface area contributed by atoms with Gasteiger partial charge in [0.1, 0.15) is 22.6 Å². The van der Waals surface area contributed by atoms with Gasteiger partial charge in [0.05, 0.1) is 10.5 Å². The van der Waals surface area contributed by atoms with Crippen LogP contribution in [0, 0.1) is 10.1 Å². The van der Waals surface area contributed by atoms with Crippen LogP contribution in [-0.2, 0) is 12.0 Å². The fraction of sp³-hybridized carbons (Fsp3) is 0.214. The van der Waals surface area contributed by atoms with Crippen molar-refractivity contribution in [3.05, 3.63) is 62.4 Å². The number of benzene rings is 1. The average molecular weight is 351 g/mol. The topological polar surface area (TPSA) is 85.5 Å². The molecule has 0 fully saturated rings. The summed E-state index contributed by atoms with van der Waals surface area (Å²) in [5.74, 6) is 0.439. The predicted octanol–water partition coefficient (Wildman–Crippen LogP) is 2.58. The van der Waals surface area contributed by atoms with Crippen molar-refractivity contribution in [1.29, 1.82) is 0 Å². The summed E-state index contributed by atoms with van der Waals surface area (Å²) in [6, 6.07) is 8.07. The Labute approximate surface area is 128 Å². The molecule has 1 aliphatic heterocycles. The second kappa shape index (κ2) is 5.09. The molecule has 3 rings (SSSR count). The molecule has 1 N–H and O–H groups in total.